The van der Waals surface area contributed by atoms with Crippen molar-refractivity contribution in [1.29, 1.82) is 0 Å². The summed E-state index contributed by atoms with van der Waals surface area (Å²) in [5.74, 6) is 0. The Balaban J connectivity index is 1.51. The first-order valence-electron chi connectivity index (χ1n) is 16.4. The minimum Gasteiger partial charge on any atom is -0.355 e. The average molecular weight is 594 g/mol. The Kier molecular flexibility index (Phi) is 5.89. The van der Waals surface area contributed by atoms with Gasteiger partial charge in [0.25, 0.3) is 0 Å². The molecule has 4 heterocycles. The summed E-state index contributed by atoms with van der Waals surface area (Å²) in [7, 11) is 0. The van der Waals surface area contributed by atoms with Gasteiger partial charge in [0.05, 0.1) is 11.4 Å². The fraction of sp³-hybridized carbons (Fsp3) is 0.140. The molecule has 0 atom stereocenters. The summed E-state index contributed by atoms with van der Waals surface area (Å²) in [5, 5.41) is 5.00. The Morgan fingerprint density at radius 3 is 1.33 bits per heavy atom. The van der Waals surface area contributed by atoms with Gasteiger partial charge in [0.2, 0.25) is 0 Å². The minimum absolute atomic E-state index is 0.939. The maximum absolute atomic E-state index is 5.48. The first-order valence-corrected chi connectivity index (χ1v) is 16.4. The highest BCUT2D eigenvalue weighted by molar-refractivity contribution is 6.22. The lowest BCUT2D eigenvalue weighted by atomic mass is 9.90. The van der Waals surface area contributed by atoms with Gasteiger partial charge in [-0.05, 0) is 123 Å². The van der Waals surface area contributed by atoms with Crippen LogP contribution >= 0.6 is 0 Å². The molecule has 46 heavy (non-hydrogen) atoms. The Morgan fingerprint density at radius 2 is 0.891 bits per heavy atom. The number of benzene rings is 4. The lowest BCUT2D eigenvalue weighted by Crippen LogP contribution is -1.86. The first kappa shape index (κ1) is 26.9. The molecule has 0 radical (unpaired) electrons. The summed E-state index contributed by atoms with van der Waals surface area (Å²) in [6.07, 6.45) is 1.88. The van der Waals surface area contributed by atoms with Gasteiger partial charge in [-0.3, -0.25) is 0 Å². The van der Waals surface area contributed by atoms with Crippen LogP contribution in [0.5, 0.6) is 0 Å². The third kappa shape index (κ3) is 3.81. The van der Waals surface area contributed by atoms with Crippen LogP contribution in [0.4, 0.5) is 0 Å². The van der Waals surface area contributed by atoms with E-state index in [9.17, 15) is 0 Å². The van der Waals surface area contributed by atoms with E-state index in [4.69, 9.17) is 4.98 Å². The van der Waals surface area contributed by atoms with Gasteiger partial charge in [0, 0.05) is 33.2 Å². The minimum atomic E-state index is 0.939. The van der Waals surface area contributed by atoms with Crippen molar-refractivity contribution in [1.82, 2.24) is 15.0 Å². The van der Waals surface area contributed by atoms with E-state index in [0.29, 0.717) is 0 Å². The molecule has 8 bridgehead atoms. The van der Waals surface area contributed by atoms with Crippen LogP contribution in [-0.4, -0.2) is 15.0 Å². The standard InChI is InChI=1S/C43H35N3/c1-5-28-24(3)36-20-26-19-27(31-14-8-7-13-30(26)31)21-37-25(4)29(6-2)39(45-37)23-41-43-35-18-12-10-16-33(35)32-15-9-11-17-34(32)42(43)40(46-41)22-38(28)44-36/h7-23,44-45H,5-6H2,1-4H3. The van der Waals surface area contributed by atoms with Crippen LogP contribution in [0.2, 0.25) is 0 Å². The van der Waals surface area contributed by atoms with E-state index in [1.807, 2.05) is 0 Å². The van der Waals surface area contributed by atoms with Crippen LogP contribution in [0.15, 0.2) is 103 Å². The molecule has 3 aromatic heterocycles. The molecule has 222 valence electrons. The van der Waals surface area contributed by atoms with Crippen molar-refractivity contribution in [2.75, 3.05) is 0 Å². The quantitative estimate of drug-likeness (QED) is 0.192. The number of hydrogen-bond acceptors (Lipinski definition) is 1. The Bertz CT molecular complexity index is 2400. The maximum atomic E-state index is 5.48. The van der Waals surface area contributed by atoms with Crippen LogP contribution in [-0.2, 0) is 12.8 Å². The van der Waals surface area contributed by atoms with Crippen LogP contribution in [0.3, 0.4) is 0 Å². The van der Waals surface area contributed by atoms with Gasteiger partial charge in [-0.15, -0.1) is 0 Å². The molecule has 0 fully saturated rings. The number of aromatic amines is 2. The largest absolute Gasteiger partial charge is 0.355 e. The predicted molar refractivity (Wildman–Crippen MR) is 195 cm³/mol. The second-order valence-electron chi connectivity index (χ2n) is 12.7. The van der Waals surface area contributed by atoms with Gasteiger partial charge in [0.1, 0.15) is 0 Å². The maximum Gasteiger partial charge on any atom is 0.0743 e. The zero-order valence-electron chi connectivity index (χ0n) is 26.7. The van der Waals surface area contributed by atoms with Crippen LogP contribution in [0.1, 0.15) is 36.1 Å². The summed E-state index contributed by atoms with van der Waals surface area (Å²) in [6.45, 7) is 9.00. The fourth-order valence-electron chi connectivity index (χ4n) is 8.06. The molecule has 0 saturated heterocycles. The summed E-state index contributed by atoms with van der Waals surface area (Å²) in [4.78, 5) is 13.2. The fourth-order valence-corrected chi connectivity index (χ4v) is 8.06. The topological polar surface area (TPSA) is 44.5 Å². The van der Waals surface area contributed by atoms with Gasteiger partial charge >= 0.3 is 0 Å². The van der Waals surface area contributed by atoms with Gasteiger partial charge in [-0.1, -0.05) is 86.6 Å². The molecule has 9 rings (SSSR count). The van der Waals surface area contributed by atoms with E-state index >= 15 is 0 Å². The van der Waals surface area contributed by atoms with E-state index in [2.05, 4.69) is 141 Å². The molecule has 3 nitrogen and oxygen atoms in total. The normalized spacial score (nSPS) is 12.1. The van der Waals surface area contributed by atoms with Gasteiger partial charge < -0.3 is 9.97 Å². The number of fused-ring (bicyclic) bond motifs is 19. The average Bonchev–Trinajstić information content (AvgIpc) is 3.79. The number of aryl methyl sites for hydroxylation is 4. The summed E-state index contributed by atoms with van der Waals surface area (Å²) < 4.78 is 0. The third-order valence-electron chi connectivity index (χ3n) is 10.3. The smallest absolute Gasteiger partial charge is 0.0743 e. The highest BCUT2D eigenvalue weighted by Crippen LogP contribution is 2.47. The van der Waals surface area contributed by atoms with Crippen molar-refractivity contribution in [3.05, 3.63) is 125 Å². The van der Waals surface area contributed by atoms with Crippen molar-refractivity contribution in [3.8, 4) is 44.8 Å². The molecule has 2 N–H and O–H groups in total. The number of nitrogens with zero attached hydrogens (tertiary/aromatic N) is 1. The van der Waals surface area contributed by atoms with E-state index in [1.54, 1.807) is 0 Å². The third-order valence-corrected chi connectivity index (χ3v) is 10.3. The number of H-pyrrole nitrogens is 2. The monoisotopic (exact) mass is 593 g/mol. The van der Waals surface area contributed by atoms with E-state index < -0.39 is 0 Å². The van der Waals surface area contributed by atoms with Crippen molar-refractivity contribution in [2.24, 2.45) is 0 Å². The molecule has 0 amide bonds. The highest BCUT2D eigenvalue weighted by Gasteiger charge is 2.24. The number of hydrogen-bond donors (Lipinski definition) is 2. The lowest BCUT2D eigenvalue weighted by Gasteiger charge is -2.12. The highest BCUT2D eigenvalue weighted by atomic mass is 14.8. The molecular formula is C43H35N3. The van der Waals surface area contributed by atoms with E-state index in [-0.39, 0.29) is 0 Å². The molecule has 0 spiro atoms. The molecule has 0 saturated carbocycles. The Labute approximate surface area is 268 Å². The zero-order chi connectivity index (χ0) is 31.1. The lowest BCUT2D eigenvalue weighted by molar-refractivity contribution is 1.14. The SMILES string of the molecule is CCc1c(C)c2cc3cc(cc4[nH]c(cc5nc(cc1[nH]2)-c1c-5c2ccccc2c2ccccc12)c(CC)c4C)-c1ccccc1-3. The van der Waals surface area contributed by atoms with Crippen LogP contribution < -0.4 is 0 Å². The van der Waals surface area contributed by atoms with Crippen LogP contribution in [0, 0.1) is 13.8 Å². The second-order valence-corrected chi connectivity index (χ2v) is 12.7. The second kappa shape index (κ2) is 10.1. The molecule has 7 aromatic rings. The van der Waals surface area contributed by atoms with E-state index in [0.717, 1.165) is 46.3 Å². The first-order chi connectivity index (χ1) is 22.5. The molecule has 1 aliphatic carbocycles. The summed E-state index contributed by atoms with van der Waals surface area (Å²) >= 11 is 0. The molecule has 0 unspecified atom stereocenters. The van der Waals surface area contributed by atoms with Crippen molar-refractivity contribution < 1.29 is 0 Å². The van der Waals surface area contributed by atoms with Gasteiger partial charge in [-0.25, -0.2) is 4.98 Å². The van der Waals surface area contributed by atoms with Crippen molar-refractivity contribution in [2.45, 2.75) is 40.5 Å². The number of rotatable bonds is 2. The zero-order valence-corrected chi connectivity index (χ0v) is 26.7. The van der Waals surface area contributed by atoms with Gasteiger partial charge in [-0.2, -0.15) is 0 Å². The van der Waals surface area contributed by atoms with E-state index in [1.165, 1.54) is 77.2 Å². The molecule has 1 aliphatic heterocycles. The summed E-state index contributed by atoms with van der Waals surface area (Å²) in [5.41, 5.74) is 19.3. The number of aromatic nitrogens is 3. The molecular weight excluding hydrogens is 558 g/mol. The Hall–Kier alpha value is -5.41. The van der Waals surface area contributed by atoms with Gasteiger partial charge in [0.15, 0.2) is 0 Å². The molecule has 2 aliphatic rings. The number of nitrogens with one attached hydrogen (secondary N) is 2. The molecule has 3 heteroatoms. The predicted octanol–water partition coefficient (Wildman–Crippen LogP) is 11.6. The van der Waals surface area contributed by atoms with Crippen LogP contribution in [0.25, 0.3) is 88.4 Å². The van der Waals surface area contributed by atoms with Crippen molar-refractivity contribution >= 4 is 43.6 Å². The van der Waals surface area contributed by atoms with Crippen molar-refractivity contribution in [3.63, 3.8) is 0 Å². The molecule has 4 aromatic carbocycles. The summed E-state index contributed by atoms with van der Waals surface area (Å²) in [6, 6.07) is 38.0. The Morgan fingerprint density at radius 1 is 0.478 bits per heavy atom.